The molecule has 4 heterocycles. The average Bonchev–Trinajstić information content (AvgIpc) is 3.54. The van der Waals surface area contributed by atoms with Gasteiger partial charge in [-0.25, -0.2) is 0 Å². The Kier molecular flexibility index (Phi) is 4.75. The summed E-state index contributed by atoms with van der Waals surface area (Å²) in [6.07, 6.45) is 3.24. The SMILES string of the molecule is c1ccc(Cn2c(SCc3cc(-c4ccco4)on3)nnc2-c2ccco2)cc1. The summed E-state index contributed by atoms with van der Waals surface area (Å²) < 4.78 is 18.3. The Labute approximate surface area is 170 Å². The first-order valence-corrected chi connectivity index (χ1v) is 9.98. The Morgan fingerprint density at radius 3 is 2.38 bits per heavy atom. The third kappa shape index (κ3) is 3.74. The zero-order chi connectivity index (χ0) is 19.5. The van der Waals surface area contributed by atoms with Gasteiger partial charge in [0.2, 0.25) is 11.6 Å². The number of furan rings is 2. The molecule has 0 unspecified atom stereocenters. The van der Waals surface area contributed by atoms with Gasteiger partial charge >= 0.3 is 0 Å². The van der Waals surface area contributed by atoms with Gasteiger partial charge in [-0.1, -0.05) is 47.3 Å². The Balaban J connectivity index is 1.39. The van der Waals surface area contributed by atoms with E-state index < -0.39 is 0 Å². The number of benzene rings is 1. The predicted octanol–water partition coefficient (Wildman–Crippen LogP) is 5.13. The summed E-state index contributed by atoms with van der Waals surface area (Å²) in [6, 6.07) is 19.4. The summed E-state index contributed by atoms with van der Waals surface area (Å²) in [6.45, 7) is 0.642. The third-order valence-corrected chi connectivity index (χ3v) is 5.31. The van der Waals surface area contributed by atoms with Crippen molar-refractivity contribution in [3.05, 3.63) is 84.4 Å². The second kappa shape index (κ2) is 7.84. The van der Waals surface area contributed by atoms with Crippen molar-refractivity contribution >= 4 is 11.8 Å². The predicted molar refractivity (Wildman–Crippen MR) is 107 cm³/mol. The molecule has 7 nitrogen and oxygen atoms in total. The van der Waals surface area contributed by atoms with Crippen LogP contribution in [0.3, 0.4) is 0 Å². The zero-order valence-corrected chi connectivity index (χ0v) is 16.1. The molecular weight excluding hydrogens is 388 g/mol. The summed E-state index contributed by atoms with van der Waals surface area (Å²) in [5.41, 5.74) is 1.96. The second-order valence-corrected chi connectivity index (χ2v) is 7.25. The molecular formula is C21H16N4O3S. The Hall–Kier alpha value is -3.52. The van der Waals surface area contributed by atoms with Gasteiger partial charge in [0, 0.05) is 11.8 Å². The molecule has 29 heavy (non-hydrogen) atoms. The first-order chi connectivity index (χ1) is 14.4. The number of nitrogens with zero attached hydrogens (tertiary/aromatic N) is 4. The van der Waals surface area contributed by atoms with Crippen molar-refractivity contribution in [2.75, 3.05) is 0 Å². The van der Waals surface area contributed by atoms with E-state index in [1.54, 1.807) is 24.3 Å². The van der Waals surface area contributed by atoms with Crippen LogP contribution in [-0.2, 0) is 12.3 Å². The number of aromatic nitrogens is 4. The van der Waals surface area contributed by atoms with Gasteiger partial charge in [-0.2, -0.15) is 0 Å². The lowest BCUT2D eigenvalue weighted by Gasteiger charge is -2.08. The molecule has 0 N–H and O–H groups in total. The minimum absolute atomic E-state index is 0.593. The topological polar surface area (TPSA) is 83.0 Å². The van der Waals surface area contributed by atoms with Crippen LogP contribution in [0.1, 0.15) is 11.3 Å². The molecule has 4 aromatic heterocycles. The van der Waals surface area contributed by atoms with E-state index in [1.807, 2.05) is 53.1 Å². The molecule has 0 saturated heterocycles. The lowest BCUT2D eigenvalue weighted by molar-refractivity contribution is 0.413. The van der Waals surface area contributed by atoms with Crippen LogP contribution in [0.4, 0.5) is 0 Å². The van der Waals surface area contributed by atoms with Crippen LogP contribution in [0.5, 0.6) is 0 Å². The van der Waals surface area contributed by atoms with Crippen LogP contribution in [0, 0.1) is 0 Å². The van der Waals surface area contributed by atoms with Gasteiger partial charge in [0.1, 0.15) is 0 Å². The average molecular weight is 404 g/mol. The standard InChI is InChI=1S/C21H16N4O3S/c1-2-6-15(7-3-1)13-25-20(18-9-5-11-27-18)22-23-21(25)29-14-16-12-19(28-24-16)17-8-4-10-26-17/h1-12H,13-14H2. The van der Waals surface area contributed by atoms with E-state index in [2.05, 4.69) is 27.5 Å². The highest BCUT2D eigenvalue weighted by Crippen LogP contribution is 2.29. The van der Waals surface area contributed by atoms with Crippen LogP contribution < -0.4 is 0 Å². The molecule has 8 heteroatoms. The molecule has 0 bridgehead atoms. The van der Waals surface area contributed by atoms with Gasteiger partial charge < -0.3 is 13.4 Å². The molecule has 5 rings (SSSR count). The smallest absolute Gasteiger partial charge is 0.202 e. The monoisotopic (exact) mass is 404 g/mol. The van der Waals surface area contributed by atoms with Gasteiger partial charge in [-0.3, -0.25) is 4.57 Å². The highest BCUT2D eigenvalue weighted by atomic mass is 32.2. The molecule has 0 radical (unpaired) electrons. The number of hydrogen-bond donors (Lipinski definition) is 0. The Morgan fingerprint density at radius 2 is 1.62 bits per heavy atom. The fourth-order valence-electron chi connectivity index (χ4n) is 2.95. The summed E-state index contributed by atoms with van der Waals surface area (Å²) >= 11 is 1.54. The number of thioether (sulfide) groups is 1. The van der Waals surface area contributed by atoms with Crippen molar-refractivity contribution in [1.82, 2.24) is 19.9 Å². The summed E-state index contributed by atoms with van der Waals surface area (Å²) in [5.74, 6) is 3.23. The minimum atomic E-state index is 0.593. The van der Waals surface area contributed by atoms with Gasteiger partial charge in [-0.05, 0) is 29.8 Å². The lowest BCUT2D eigenvalue weighted by Crippen LogP contribution is -2.03. The molecule has 0 aliphatic heterocycles. The second-order valence-electron chi connectivity index (χ2n) is 6.30. The molecule has 1 aromatic carbocycles. The molecule has 0 spiro atoms. The van der Waals surface area contributed by atoms with Crippen molar-refractivity contribution in [1.29, 1.82) is 0 Å². The summed E-state index contributed by atoms with van der Waals surface area (Å²) in [4.78, 5) is 0. The number of rotatable bonds is 7. The van der Waals surface area contributed by atoms with Crippen molar-refractivity contribution < 1.29 is 13.4 Å². The van der Waals surface area contributed by atoms with Gasteiger partial charge in [0.05, 0.1) is 24.8 Å². The molecule has 0 atom stereocenters. The van der Waals surface area contributed by atoms with Crippen LogP contribution in [0.2, 0.25) is 0 Å². The Morgan fingerprint density at radius 1 is 0.828 bits per heavy atom. The quantitative estimate of drug-likeness (QED) is 0.348. The van der Waals surface area contributed by atoms with Gasteiger partial charge in [-0.15, -0.1) is 10.2 Å². The first kappa shape index (κ1) is 17.6. The summed E-state index contributed by atoms with van der Waals surface area (Å²) in [7, 11) is 0. The van der Waals surface area contributed by atoms with E-state index in [0.29, 0.717) is 35.4 Å². The maximum absolute atomic E-state index is 5.55. The molecule has 0 saturated carbocycles. The highest BCUT2D eigenvalue weighted by Gasteiger charge is 2.18. The maximum Gasteiger partial charge on any atom is 0.202 e. The lowest BCUT2D eigenvalue weighted by atomic mass is 10.2. The molecule has 0 aliphatic carbocycles. The third-order valence-electron chi connectivity index (χ3n) is 4.31. The maximum atomic E-state index is 5.55. The first-order valence-electron chi connectivity index (χ1n) is 9.00. The van der Waals surface area contributed by atoms with Gasteiger partial charge in [0.25, 0.3) is 0 Å². The van der Waals surface area contributed by atoms with Crippen molar-refractivity contribution in [3.63, 3.8) is 0 Å². The van der Waals surface area contributed by atoms with Crippen molar-refractivity contribution in [2.45, 2.75) is 17.5 Å². The van der Waals surface area contributed by atoms with E-state index >= 15 is 0 Å². The van der Waals surface area contributed by atoms with E-state index in [-0.39, 0.29) is 0 Å². The molecule has 144 valence electrons. The highest BCUT2D eigenvalue weighted by molar-refractivity contribution is 7.98. The van der Waals surface area contributed by atoms with Crippen molar-refractivity contribution in [2.24, 2.45) is 0 Å². The largest absolute Gasteiger partial charge is 0.461 e. The zero-order valence-electron chi connectivity index (χ0n) is 15.3. The molecule has 0 aliphatic rings. The molecule has 5 aromatic rings. The summed E-state index contributed by atoms with van der Waals surface area (Å²) in [5, 5.41) is 13.6. The van der Waals surface area contributed by atoms with Crippen LogP contribution >= 0.6 is 11.8 Å². The van der Waals surface area contributed by atoms with E-state index in [0.717, 1.165) is 16.4 Å². The van der Waals surface area contributed by atoms with Gasteiger partial charge in [0.15, 0.2) is 16.7 Å². The van der Waals surface area contributed by atoms with Crippen LogP contribution in [-0.4, -0.2) is 19.9 Å². The minimum Gasteiger partial charge on any atom is -0.461 e. The van der Waals surface area contributed by atoms with Crippen LogP contribution in [0.25, 0.3) is 23.1 Å². The molecule has 0 amide bonds. The van der Waals surface area contributed by atoms with E-state index in [4.69, 9.17) is 13.4 Å². The van der Waals surface area contributed by atoms with Crippen LogP contribution in [0.15, 0.2) is 91.7 Å². The molecule has 0 fully saturated rings. The normalized spacial score (nSPS) is 11.2. The van der Waals surface area contributed by atoms with E-state index in [9.17, 15) is 0 Å². The fourth-order valence-corrected chi connectivity index (χ4v) is 3.76. The number of hydrogen-bond acceptors (Lipinski definition) is 7. The Bertz CT molecular complexity index is 1180. The van der Waals surface area contributed by atoms with Crippen molar-refractivity contribution in [3.8, 4) is 23.1 Å². The fraction of sp³-hybridized carbons (Fsp3) is 0.0952. The van der Waals surface area contributed by atoms with E-state index in [1.165, 1.54) is 0 Å².